The molecular weight excluding hydrogens is 354 g/mol. The Hall–Kier alpha value is -2.90. The summed E-state index contributed by atoms with van der Waals surface area (Å²) in [6.45, 7) is 10.0. The molecule has 1 N–H and O–H groups in total. The molecule has 1 aromatic carbocycles. The number of aliphatic imine (C=N–C) groups is 1. The first-order chi connectivity index (χ1) is 13.3. The summed E-state index contributed by atoms with van der Waals surface area (Å²) in [6, 6.07) is 8.28. The van der Waals surface area contributed by atoms with Crippen LogP contribution in [0.15, 0.2) is 41.9 Å². The summed E-state index contributed by atoms with van der Waals surface area (Å²) in [7, 11) is 1.75. The first-order valence-electron chi connectivity index (χ1n) is 9.53. The molecule has 1 aliphatic rings. The van der Waals surface area contributed by atoms with Crippen molar-refractivity contribution >= 4 is 11.9 Å². The predicted octanol–water partition coefficient (Wildman–Crippen LogP) is 1.67. The number of nitrogens with one attached hydrogen (secondary N) is 1. The number of amides is 1. The lowest BCUT2D eigenvalue weighted by molar-refractivity contribution is -0.145. The molecule has 0 radical (unpaired) electrons. The van der Waals surface area contributed by atoms with Gasteiger partial charge < -0.3 is 15.1 Å². The Bertz CT molecular complexity index is 825. The van der Waals surface area contributed by atoms with Gasteiger partial charge in [-0.1, -0.05) is 12.1 Å². The molecule has 8 nitrogen and oxygen atoms in total. The Kier molecular flexibility index (Phi) is 5.67. The number of benzene rings is 1. The van der Waals surface area contributed by atoms with E-state index in [1.807, 2.05) is 34.1 Å². The minimum atomic E-state index is -0.249. The van der Waals surface area contributed by atoms with Crippen molar-refractivity contribution in [2.45, 2.75) is 45.8 Å². The van der Waals surface area contributed by atoms with Crippen LogP contribution in [-0.4, -0.2) is 68.1 Å². The minimum Gasteiger partial charge on any atom is -0.352 e. The molecule has 2 heterocycles. The SMILES string of the molecule is CN=C(NCc1ccc(-n2cncn2)cc1)N1CC(=O)N(C(C)C)C(C)(C)C1. The van der Waals surface area contributed by atoms with Crippen LogP contribution in [0.25, 0.3) is 5.69 Å². The fourth-order valence-electron chi connectivity index (χ4n) is 3.93. The van der Waals surface area contributed by atoms with Crippen molar-refractivity contribution in [1.29, 1.82) is 0 Å². The van der Waals surface area contributed by atoms with E-state index in [4.69, 9.17) is 0 Å². The van der Waals surface area contributed by atoms with E-state index in [1.165, 1.54) is 6.33 Å². The van der Waals surface area contributed by atoms with E-state index in [0.717, 1.165) is 23.8 Å². The second kappa shape index (κ2) is 8.00. The van der Waals surface area contributed by atoms with Gasteiger partial charge in [-0.2, -0.15) is 5.10 Å². The van der Waals surface area contributed by atoms with Crippen molar-refractivity contribution in [2.24, 2.45) is 4.99 Å². The van der Waals surface area contributed by atoms with Crippen molar-refractivity contribution in [3.05, 3.63) is 42.5 Å². The Morgan fingerprint density at radius 1 is 1.29 bits per heavy atom. The van der Waals surface area contributed by atoms with Crippen LogP contribution in [0.1, 0.15) is 33.3 Å². The number of hydrogen-bond donors (Lipinski definition) is 1. The average Bonchev–Trinajstić information content (AvgIpc) is 3.15. The molecule has 2 aromatic rings. The van der Waals surface area contributed by atoms with Gasteiger partial charge in [-0.25, -0.2) is 9.67 Å². The quantitative estimate of drug-likeness (QED) is 0.642. The zero-order valence-electron chi connectivity index (χ0n) is 17.3. The average molecular weight is 384 g/mol. The highest BCUT2D eigenvalue weighted by Crippen LogP contribution is 2.24. The van der Waals surface area contributed by atoms with Gasteiger partial charge in [0.05, 0.1) is 17.8 Å². The van der Waals surface area contributed by atoms with E-state index in [-0.39, 0.29) is 17.5 Å². The lowest BCUT2D eigenvalue weighted by Crippen LogP contribution is -2.66. The van der Waals surface area contributed by atoms with Gasteiger partial charge in [0.1, 0.15) is 12.7 Å². The highest BCUT2D eigenvalue weighted by molar-refractivity contribution is 5.88. The van der Waals surface area contributed by atoms with E-state index in [2.05, 4.69) is 48.1 Å². The van der Waals surface area contributed by atoms with Crippen molar-refractivity contribution in [3.63, 3.8) is 0 Å². The van der Waals surface area contributed by atoms with Crippen LogP contribution < -0.4 is 5.32 Å². The lowest BCUT2D eigenvalue weighted by Gasteiger charge is -2.49. The minimum absolute atomic E-state index is 0.131. The van der Waals surface area contributed by atoms with Gasteiger partial charge >= 0.3 is 0 Å². The summed E-state index contributed by atoms with van der Waals surface area (Å²) in [5.74, 6) is 0.872. The number of carbonyl (C=O) groups is 1. The fraction of sp³-hybridized carbons (Fsp3) is 0.500. The number of carbonyl (C=O) groups excluding carboxylic acids is 1. The maximum Gasteiger partial charge on any atom is 0.242 e. The molecule has 1 fully saturated rings. The van der Waals surface area contributed by atoms with E-state index in [0.29, 0.717) is 13.1 Å². The van der Waals surface area contributed by atoms with E-state index in [1.54, 1.807) is 18.1 Å². The molecule has 0 saturated carbocycles. The van der Waals surface area contributed by atoms with Crippen LogP contribution >= 0.6 is 0 Å². The maximum atomic E-state index is 12.7. The number of rotatable bonds is 4. The zero-order chi connectivity index (χ0) is 20.3. The molecule has 28 heavy (non-hydrogen) atoms. The second-order valence-electron chi connectivity index (χ2n) is 7.93. The number of nitrogens with zero attached hydrogens (tertiary/aromatic N) is 6. The van der Waals surface area contributed by atoms with E-state index >= 15 is 0 Å². The smallest absolute Gasteiger partial charge is 0.242 e. The molecule has 3 rings (SSSR count). The van der Waals surface area contributed by atoms with Crippen LogP contribution in [0.3, 0.4) is 0 Å². The van der Waals surface area contributed by atoms with Crippen molar-refractivity contribution in [3.8, 4) is 5.69 Å². The summed E-state index contributed by atoms with van der Waals surface area (Å²) in [5.41, 5.74) is 1.83. The highest BCUT2D eigenvalue weighted by Gasteiger charge is 2.40. The molecule has 0 spiro atoms. The third kappa shape index (κ3) is 4.16. The topological polar surface area (TPSA) is 78.6 Å². The summed E-state index contributed by atoms with van der Waals surface area (Å²) >= 11 is 0. The monoisotopic (exact) mass is 383 g/mol. The first-order valence-corrected chi connectivity index (χ1v) is 9.53. The number of guanidine groups is 1. The number of aromatic nitrogens is 3. The van der Waals surface area contributed by atoms with Crippen LogP contribution in [-0.2, 0) is 11.3 Å². The number of piperazine rings is 1. The van der Waals surface area contributed by atoms with Crippen molar-refractivity contribution in [2.75, 3.05) is 20.1 Å². The van der Waals surface area contributed by atoms with E-state index < -0.39 is 0 Å². The Morgan fingerprint density at radius 3 is 2.54 bits per heavy atom. The van der Waals surface area contributed by atoms with Crippen LogP contribution in [0, 0.1) is 0 Å². The summed E-state index contributed by atoms with van der Waals surface area (Å²) < 4.78 is 1.72. The molecule has 1 saturated heterocycles. The molecule has 0 unspecified atom stereocenters. The zero-order valence-corrected chi connectivity index (χ0v) is 17.3. The summed E-state index contributed by atoms with van der Waals surface area (Å²) in [4.78, 5) is 25.1. The molecule has 0 atom stereocenters. The second-order valence-corrected chi connectivity index (χ2v) is 7.93. The van der Waals surface area contributed by atoms with E-state index in [9.17, 15) is 4.79 Å². The first kappa shape index (κ1) is 19.9. The van der Waals surface area contributed by atoms with Crippen LogP contribution in [0.2, 0.25) is 0 Å². The number of hydrogen-bond acceptors (Lipinski definition) is 4. The molecule has 1 aromatic heterocycles. The van der Waals surface area contributed by atoms with Crippen molar-refractivity contribution < 1.29 is 4.79 Å². The lowest BCUT2D eigenvalue weighted by atomic mass is 9.96. The molecule has 0 bridgehead atoms. The van der Waals surface area contributed by atoms with Gasteiger partial charge in [-0.05, 0) is 45.4 Å². The van der Waals surface area contributed by atoms with Gasteiger partial charge in [0, 0.05) is 26.2 Å². The highest BCUT2D eigenvalue weighted by atomic mass is 16.2. The molecule has 1 aliphatic heterocycles. The van der Waals surface area contributed by atoms with Gasteiger partial charge in [-0.3, -0.25) is 9.79 Å². The summed E-state index contributed by atoms with van der Waals surface area (Å²) in [6.07, 6.45) is 3.19. The van der Waals surface area contributed by atoms with Gasteiger partial charge in [0.2, 0.25) is 5.91 Å². The Balaban J connectivity index is 1.64. The third-order valence-electron chi connectivity index (χ3n) is 4.92. The van der Waals surface area contributed by atoms with Crippen molar-refractivity contribution in [1.82, 2.24) is 29.9 Å². The standard InChI is InChI=1S/C20H29N7O/c1-15(2)27-18(28)11-25(12-20(27,3)4)19(21-5)23-10-16-6-8-17(9-7-16)26-14-22-13-24-26/h6-9,13-15H,10-12H2,1-5H3,(H,21,23). The van der Waals surface area contributed by atoms with Crippen LogP contribution in [0.5, 0.6) is 0 Å². The Morgan fingerprint density at radius 2 is 2.00 bits per heavy atom. The molecular formula is C20H29N7O. The third-order valence-corrected chi connectivity index (χ3v) is 4.92. The Labute approximate surface area is 166 Å². The fourth-order valence-corrected chi connectivity index (χ4v) is 3.93. The molecule has 0 aliphatic carbocycles. The molecule has 8 heteroatoms. The normalized spacial score (nSPS) is 17.4. The summed E-state index contributed by atoms with van der Waals surface area (Å²) in [5, 5.41) is 7.51. The van der Waals surface area contributed by atoms with Gasteiger partial charge in [0.15, 0.2) is 5.96 Å². The molecule has 1 amide bonds. The van der Waals surface area contributed by atoms with Gasteiger partial charge in [0.25, 0.3) is 0 Å². The molecule has 150 valence electrons. The maximum absolute atomic E-state index is 12.7. The largest absolute Gasteiger partial charge is 0.352 e. The predicted molar refractivity (Wildman–Crippen MR) is 109 cm³/mol. The van der Waals surface area contributed by atoms with Gasteiger partial charge in [-0.15, -0.1) is 0 Å². The van der Waals surface area contributed by atoms with Crippen LogP contribution in [0.4, 0.5) is 0 Å².